The second kappa shape index (κ2) is 7.85. The van der Waals surface area contributed by atoms with Crippen LogP contribution in [0.3, 0.4) is 0 Å². The van der Waals surface area contributed by atoms with E-state index in [0.29, 0.717) is 13.0 Å². The Morgan fingerprint density at radius 3 is 2.85 bits per heavy atom. The SMILES string of the molecule is O=C(CCCCBr)Nc1ccccc1Cn1cccn1. The van der Waals surface area contributed by atoms with Gasteiger partial charge in [0.1, 0.15) is 0 Å². The van der Waals surface area contributed by atoms with Crippen LogP contribution in [0.1, 0.15) is 24.8 Å². The van der Waals surface area contributed by atoms with Gasteiger partial charge in [0.2, 0.25) is 5.91 Å². The molecule has 0 aliphatic carbocycles. The lowest BCUT2D eigenvalue weighted by atomic mass is 10.1. The van der Waals surface area contributed by atoms with E-state index in [1.807, 2.05) is 41.2 Å². The first-order chi connectivity index (χ1) is 9.79. The number of hydrogen-bond donors (Lipinski definition) is 1. The van der Waals surface area contributed by atoms with Crippen LogP contribution in [0.4, 0.5) is 5.69 Å². The Kier molecular flexibility index (Phi) is 5.80. The van der Waals surface area contributed by atoms with Gasteiger partial charge in [0, 0.05) is 29.8 Å². The van der Waals surface area contributed by atoms with E-state index < -0.39 is 0 Å². The first-order valence-electron chi connectivity index (χ1n) is 6.71. The predicted octanol–water partition coefficient (Wildman–Crippen LogP) is 3.44. The Balaban J connectivity index is 1.98. The molecule has 0 spiro atoms. The molecule has 0 radical (unpaired) electrons. The van der Waals surface area contributed by atoms with Gasteiger partial charge in [-0.25, -0.2) is 0 Å². The van der Waals surface area contributed by atoms with Crippen LogP contribution in [0.5, 0.6) is 0 Å². The highest BCUT2D eigenvalue weighted by Crippen LogP contribution is 2.16. The molecule has 0 saturated carbocycles. The zero-order valence-electron chi connectivity index (χ0n) is 11.3. The summed E-state index contributed by atoms with van der Waals surface area (Å²) in [6.45, 7) is 0.658. The molecule has 2 rings (SSSR count). The third-order valence-electron chi connectivity index (χ3n) is 2.97. The Morgan fingerprint density at radius 1 is 1.25 bits per heavy atom. The van der Waals surface area contributed by atoms with Gasteiger partial charge in [-0.15, -0.1) is 0 Å². The average Bonchev–Trinajstić information content (AvgIpc) is 2.94. The number of aromatic nitrogens is 2. The van der Waals surface area contributed by atoms with Crippen molar-refractivity contribution in [3.8, 4) is 0 Å². The van der Waals surface area contributed by atoms with E-state index in [2.05, 4.69) is 26.3 Å². The van der Waals surface area contributed by atoms with Crippen LogP contribution in [0.25, 0.3) is 0 Å². The molecule has 0 atom stereocenters. The number of nitrogens with one attached hydrogen (secondary N) is 1. The van der Waals surface area contributed by atoms with Crippen LogP contribution in [-0.4, -0.2) is 21.0 Å². The van der Waals surface area contributed by atoms with Crippen molar-refractivity contribution in [2.45, 2.75) is 25.8 Å². The first-order valence-corrected chi connectivity index (χ1v) is 7.83. The van der Waals surface area contributed by atoms with Crippen LogP contribution >= 0.6 is 15.9 Å². The molecule has 0 saturated heterocycles. The second-order valence-electron chi connectivity index (χ2n) is 4.56. The van der Waals surface area contributed by atoms with E-state index in [1.54, 1.807) is 6.20 Å². The molecule has 0 aliphatic heterocycles. The topological polar surface area (TPSA) is 46.9 Å². The van der Waals surface area contributed by atoms with Gasteiger partial charge in [0.25, 0.3) is 0 Å². The molecule has 0 bridgehead atoms. The van der Waals surface area contributed by atoms with Crippen molar-refractivity contribution in [2.75, 3.05) is 10.6 Å². The lowest BCUT2D eigenvalue weighted by Gasteiger charge is -2.11. The smallest absolute Gasteiger partial charge is 0.224 e. The van der Waals surface area contributed by atoms with E-state index in [9.17, 15) is 4.79 Å². The summed E-state index contributed by atoms with van der Waals surface area (Å²) in [4.78, 5) is 11.9. The number of nitrogens with zero attached hydrogens (tertiary/aromatic N) is 2. The molecule has 0 fully saturated rings. The van der Waals surface area contributed by atoms with Crippen molar-refractivity contribution < 1.29 is 4.79 Å². The van der Waals surface area contributed by atoms with Crippen LogP contribution in [0.15, 0.2) is 42.7 Å². The number of halogens is 1. The Hall–Kier alpha value is -1.62. The van der Waals surface area contributed by atoms with Gasteiger partial charge in [-0.3, -0.25) is 9.48 Å². The van der Waals surface area contributed by atoms with Gasteiger partial charge >= 0.3 is 0 Å². The minimum absolute atomic E-state index is 0.0684. The highest BCUT2D eigenvalue weighted by molar-refractivity contribution is 9.09. The van der Waals surface area contributed by atoms with Gasteiger partial charge < -0.3 is 5.32 Å². The number of carbonyl (C=O) groups is 1. The first kappa shape index (κ1) is 14.8. The summed E-state index contributed by atoms with van der Waals surface area (Å²) in [5.41, 5.74) is 1.93. The summed E-state index contributed by atoms with van der Waals surface area (Å²) in [6, 6.07) is 9.73. The van der Waals surface area contributed by atoms with E-state index in [4.69, 9.17) is 0 Å². The fraction of sp³-hybridized carbons (Fsp3) is 0.333. The van der Waals surface area contributed by atoms with Crippen molar-refractivity contribution in [3.63, 3.8) is 0 Å². The summed E-state index contributed by atoms with van der Waals surface area (Å²) in [6.07, 6.45) is 6.14. The summed E-state index contributed by atoms with van der Waals surface area (Å²) in [5.74, 6) is 0.0684. The maximum absolute atomic E-state index is 11.9. The quantitative estimate of drug-likeness (QED) is 0.622. The molecular weight excluding hydrogens is 318 g/mol. The molecule has 1 aromatic carbocycles. The molecule has 1 heterocycles. The third kappa shape index (κ3) is 4.49. The molecule has 1 amide bonds. The minimum Gasteiger partial charge on any atom is -0.326 e. The highest BCUT2D eigenvalue weighted by atomic mass is 79.9. The molecule has 2 aromatic rings. The third-order valence-corrected chi connectivity index (χ3v) is 3.53. The van der Waals surface area contributed by atoms with Crippen LogP contribution < -0.4 is 5.32 Å². The Labute approximate surface area is 127 Å². The lowest BCUT2D eigenvalue weighted by Crippen LogP contribution is -2.13. The maximum Gasteiger partial charge on any atom is 0.224 e. The molecule has 106 valence electrons. The number of unbranched alkanes of at least 4 members (excludes halogenated alkanes) is 1. The number of para-hydroxylation sites is 1. The van der Waals surface area contributed by atoms with Crippen LogP contribution in [0, 0.1) is 0 Å². The van der Waals surface area contributed by atoms with Crippen molar-refractivity contribution in [1.29, 1.82) is 0 Å². The van der Waals surface area contributed by atoms with Gasteiger partial charge in [-0.05, 0) is 30.5 Å². The van der Waals surface area contributed by atoms with E-state index in [-0.39, 0.29) is 5.91 Å². The zero-order valence-corrected chi connectivity index (χ0v) is 12.8. The number of alkyl halides is 1. The number of carbonyl (C=O) groups excluding carboxylic acids is 1. The number of benzene rings is 1. The largest absolute Gasteiger partial charge is 0.326 e. The fourth-order valence-electron chi connectivity index (χ4n) is 1.94. The molecule has 20 heavy (non-hydrogen) atoms. The molecule has 1 aromatic heterocycles. The van der Waals surface area contributed by atoms with Gasteiger partial charge in [-0.1, -0.05) is 34.1 Å². The van der Waals surface area contributed by atoms with E-state index in [1.165, 1.54) is 0 Å². The zero-order chi connectivity index (χ0) is 14.2. The summed E-state index contributed by atoms with van der Waals surface area (Å²) >= 11 is 3.37. The van der Waals surface area contributed by atoms with Gasteiger partial charge in [0.05, 0.1) is 6.54 Å². The number of hydrogen-bond acceptors (Lipinski definition) is 2. The second-order valence-corrected chi connectivity index (χ2v) is 5.35. The van der Waals surface area contributed by atoms with E-state index >= 15 is 0 Å². The number of anilines is 1. The van der Waals surface area contributed by atoms with Crippen molar-refractivity contribution in [2.24, 2.45) is 0 Å². The van der Waals surface area contributed by atoms with Crippen molar-refractivity contribution in [1.82, 2.24) is 9.78 Å². The molecule has 5 heteroatoms. The van der Waals surface area contributed by atoms with E-state index in [0.717, 1.165) is 29.4 Å². The molecule has 0 unspecified atom stereocenters. The Morgan fingerprint density at radius 2 is 2.10 bits per heavy atom. The average molecular weight is 336 g/mol. The number of rotatable bonds is 7. The van der Waals surface area contributed by atoms with Gasteiger partial charge in [-0.2, -0.15) is 5.10 Å². The standard InChI is InChI=1S/C15H18BrN3O/c16-9-4-3-8-15(20)18-14-7-2-1-6-13(14)12-19-11-5-10-17-19/h1-2,5-7,10-11H,3-4,8-9,12H2,(H,18,20). The minimum atomic E-state index is 0.0684. The molecule has 0 aliphatic rings. The maximum atomic E-state index is 11.9. The van der Waals surface area contributed by atoms with Crippen LogP contribution in [0.2, 0.25) is 0 Å². The number of amides is 1. The molecule has 1 N–H and O–H groups in total. The summed E-state index contributed by atoms with van der Waals surface area (Å²) in [5, 5.41) is 8.12. The summed E-state index contributed by atoms with van der Waals surface area (Å²) < 4.78 is 1.84. The Bertz CT molecular complexity index is 540. The molecule has 4 nitrogen and oxygen atoms in total. The molecular formula is C15H18BrN3O. The van der Waals surface area contributed by atoms with Crippen molar-refractivity contribution in [3.05, 3.63) is 48.3 Å². The van der Waals surface area contributed by atoms with Crippen molar-refractivity contribution >= 4 is 27.5 Å². The van der Waals surface area contributed by atoms with Crippen LogP contribution in [-0.2, 0) is 11.3 Å². The monoisotopic (exact) mass is 335 g/mol. The fourth-order valence-corrected chi connectivity index (χ4v) is 2.34. The highest BCUT2D eigenvalue weighted by Gasteiger charge is 2.07. The summed E-state index contributed by atoms with van der Waals surface area (Å²) in [7, 11) is 0. The predicted molar refractivity (Wildman–Crippen MR) is 84.0 cm³/mol. The lowest BCUT2D eigenvalue weighted by molar-refractivity contribution is -0.116. The van der Waals surface area contributed by atoms with Gasteiger partial charge in [0.15, 0.2) is 0 Å². The normalized spacial score (nSPS) is 10.4.